The zero-order valence-electron chi connectivity index (χ0n) is 17.0. The number of amides is 2. The first-order valence-electron chi connectivity index (χ1n) is 9.63. The fourth-order valence-corrected chi connectivity index (χ4v) is 3.42. The molecule has 2 amide bonds. The minimum Gasteiger partial charge on any atom is -0.328 e. The van der Waals surface area contributed by atoms with E-state index in [2.05, 4.69) is 10.4 Å². The Balaban J connectivity index is 1.74. The molecule has 32 heavy (non-hydrogen) atoms. The fraction of sp³-hybridized carbons (Fsp3) is 0.190. The Morgan fingerprint density at radius 2 is 1.97 bits per heavy atom. The number of hydrogen-bond acceptors (Lipinski definition) is 5. The normalized spacial score (nSPS) is 10.6. The predicted octanol–water partition coefficient (Wildman–Crippen LogP) is 4.58. The summed E-state index contributed by atoms with van der Waals surface area (Å²) in [6.45, 7) is 2.02. The number of nitrogens with zero attached hydrogens (tertiary/aromatic N) is 4. The summed E-state index contributed by atoms with van der Waals surface area (Å²) in [5, 5.41) is 18.6. The number of non-ortho nitro benzene ring substituents is 1. The van der Waals surface area contributed by atoms with E-state index in [0.717, 1.165) is 0 Å². The SMILES string of the molecule is CCCN(CC(=O)Nc1ccc(Cl)cc1Cl)C(=O)c1ccn(-c2cccc([N+](=O)[O-])c2)n1. The molecule has 0 saturated heterocycles. The third-order valence-electron chi connectivity index (χ3n) is 4.43. The second-order valence-corrected chi connectivity index (χ2v) is 7.67. The molecule has 2 aromatic carbocycles. The number of hydrogen-bond donors (Lipinski definition) is 1. The van der Waals surface area contributed by atoms with E-state index in [0.29, 0.717) is 29.4 Å². The van der Waals surface area contributed by atoms with Gasteiger partial charge in [0.25, 0.3) is 11.6 Å². The number of nitro groups is 1. The smallest absolute Gasteiger partial charge is 0.274 e. The van der Waals surface area contributed by atoms with E-state index in [1.54, 1.807) is 18.2 Å². The van der Waals surface area contributed by atoms with Gasteiger partial charge in [0, 0.05) is 29.9 Å². The highest BCUT2D eigenvalue weighted by molar-refractivity contribution is 6.36. The summed E-state index contributed by atoms with van der Waals surface area (Å²) < 4.78 is 1.37. The van der Waals surface area contributed by atoms with E-state index in [4.69, 9.17) is 23.2 Å². The second-order valence-electron chi connectivity index (χ2n) is 6.82. The second kappa shape index (κ2) is 10.3. The lowest BCUT2D eigenvalue weighted by Crippen LogP contribution is -2.38. The van der Waals surface area contributed by atoms with Crippen LogP contribution < -0.4 is 5.32 Å². The van der Waals surface area contributed by atoms with Gasteiger partial charge in [0.05, 0.1) is 21.3 Å². The van der Waals surface area contributed by atoms with Gasteiger partial charge in [-0.25, -0.2) is 4.68 Å². The van der Waals surface area contributed by atoms with E-state index in [-0.39, 0.29) is 22.9 Å². The molecule has 1 heterocycles. The molecular formula is C21H19Cl2N5O4. The zero-order valence-corrected chi connectivity index (χ0v) is 18.5. The van der Waals surface area contributed by atoms with Gasteiger partial charge in [-0.15, -0.1) is 0 Å². The van der Waals surface area contributed by atoms with Crippen LogP contribution in [0.15, 0.2) is 54.7 Å². The highest BCUT2D eigenvalue weighted by Gasteiger charge is 2.21. The summed E-state index contributed by atoms with van der Waals surface area (Å²) >= 11 is 12.0. The molecule has 11 heteroatoms. The van der Waals surface area contributed by atoms with E-state index in [1.807, 2.05) is 6.92 Å². The van der Waals surface area contributed by atoms with Crippen LogP contribution in [0, 0.1) is 10.1 Å². The number of nitro benzene ring substituents is 1. The van der Waals surface area contributed by atoms with Crippen LogP contribution >= 0.6 is 23.2 Å². The lowest BCUT2D eigenvalue weighted by molar-refractivity contribution is -0.384. The Bertz CT molecular complexity index is 1160. The van der Waals surface area contributed by atoms with Crippen LogP contribution in [0.4, 0.5) is 11.4 Å². The van der Waals surface area contributed by atoms with Gasteiger partial charge in [-0.05, 0) is 36.8 Å². The van der Waals surface area contributed by atoms with Crippen LogP contribution in [0.1, 0.15) is 23.8 Å². The van der Waals surface area contributed by atoms with E-state index >= 15 is 0 Å². The molecule has 3 aromatic rings. The van der Waals surface area contributed by atoms with Crippen LogP contribution in [0.25, 0.3) is 5.69 Å². The zero-order chi connectivity index (χ0) is 23.3. The molecule has 0 radical (unpaired) electrons. The molecule has 166 valence electrons. The standard InChI is InChI=1S/C21H19Cl2N5O4/c1-2-9-26(13-20(29)24-18-7-6-14(22)11-17(18)23)21(30)19-8-10-27(25-19)15-4-3-5-16(12-15)28(31)32/h3-8,10-12H,2,9,13H2,1H3,(H,24,29). The number of nitrogens with one attached hydrogen (secondary N) is 1. The van der Waals surface area contributed by atoms with Crippen molar-refractivity contribution in [3.63, 3.8) is 0 Å². The van der Waals surface area contributed by atoms with Crippen LogP contribution in [-0.2, 0) is 4.79 Å². The van der Waals surface area contributed by atoms with E-state index in [9.17, 15) is 19.7 Å². The molecule has 9 nitrogen and oxygen atoms in total. The quantitative estimate of drug-likeness (QED) is 0.378. The molecule has 1 N–H and O–H groups in total. The summed E-state index contributed by atoms with van der Waals surface area (Å²) in [7, 11) is 0. The Morgan fingerprint density at radius 3 is 2.66 bits per heavy atom. The maximum atomic E-state index is 13.0. The first-order chi connectivity index (χ1) is 15.3. The van der Waals surface area contributed by atoms with Crippen molar-refractivity contribution in [3.05, 3.63) is 80.6 Å². The number of halogens is 2. The lowest BCUT2D eigenvalue weighted by atomic mass is 10.3. The summed E-state index contributed by atoms with van der Waals surface area (Å²) in [6, 6.07) is 12.1. The monoisotopic (exact) mass is 475 g/mol. The summed E-state index contributed by atoms with van der Waals surface area (Å²) in [4.78, 5) is 37.3. The van der Waals surface area contributed by atoms with E-state index in [1.165, 1.54) is 46.1 Å². The molecule has 0 bridgehead atoms. The Hall–Kier alpha value is -3.43. The van der Waals surface area contributed by atoms with Crippen molar-refractivity contribution in [2.24, 2.45) is 0 Å². The topological polar surface area (TPSA) is 110 Å². The minimum atomic E-state index is -0.506. The van der Waals surface area contributed by atoms with Gasteiger partial charge < -0.3 is 10.2 Å². The molecule has 0 spiro atoms. The number of carbonyl (C=O) groups excluding carboxylic acids is 2. The molecule has 0 aliphatic rings. The fourth-order valence-electron chi connectivity index (χ4n) is 2.97. The molecule has 0 saturated carbocycles. The average molecular weight is 476 g/mol. The average Bonchev–Trinajstić information content (AvgIpc) is 3.25. The van der Waals surface area contributed by atoms with Crippen molar-refractivity contribution in [1.29, 1.82) is 0 Å². The van der Waals surface area contributed by atoms with Crippen molar-refractivity contribution < 1.29 is 14.5 Å². The highest BCUT2D eigenvalue weighted by Crippen LogP contribution is 2.25. The van der Waals surface area contributed by atoms with Gasteiger partial charge >= 0.3 is 0 Å². The first-order valence-corrected chi connectivity index (χ1v) is 10.4. The molecule has 0 aliphatic carbocycles. The lowest BCUT2D eigenvalue weighted by Gasteiger charge is -2.20. The van der Waals surface area contributed by atoms with Crippen molar-refractivity contribution in [2.75, 3.05) is 18.4 Å². The largest absolute Gasteiger partial charge is 0.328 e. The van der Waals surface area contributed by atoms with Crippen LogP contribution in [0.5, 0.6) is 0 Å². The third kappa shape index (κ3) is 5.63. The molecule has 1 aromatic heterocycles. The summed E-state index contributed by atoms with van der Waals surface area (Å²) in [5.41, 5.74) is 0.855. The summed E-state index contributed by atoms with van der Waals surface area (Å²) in [5.74, 6) is -0.859. The minimum absolute atomic E-state index is 0.0870. The van der Waals surface area contributed by atoms with Crippen molar-refractivity contribution in [1.82, 2.24) is 14.7 Å². The van der Waals surface area contributed by atoms with Crippen molar-refractivity contribution >= 4 is 46.4 Å². The third-order valence-corrected chi connectivity index (χ3v) is 4.98. The van der Waals surface area contributed by atoms with Crippen molar-refractivity contribution in [2.45, 2.75) is 13.3 Å². The number of carbonyl (C=O) groups is 2. The van der Waals surface area contributed by atoms with Crippen molar-refractivity contribution in [3.8, 4) is 5.69 Å². The molecular weight excluding hydrogens is 457 g/mol. The van der Waals surface area contributed by atoms with Gasteiger partial charge in [-0.3, -0.25) is 19.7 Å². The molecule has 0 unspecified atom stereocenters. The molecule has 0 atom stereocenters. The maximum absolute atomic E-state index is 13.0. The number of rotatable bonds is 8. The first kappa shape index (κ1) is 23.2. The van der Waals surface area contributed by atoms with E-state index < -0.39 is 16.7 Å². The molecule has 0 fully saturated rings. The van der Waals surface area contributed by atoms with Crippen LogP contribution in [0.2, 0.25) is 10.0 Å². The highest BCUT2D eigenvalue weighted by atomic mass is 35.5. The Morgan fingerprint density at radius 1 is 1.19 bits per heavy atom. The van der Waals surface area contributed by atoms with Gasteiger partial charge in [-0.2, -0.15) is 5.10 Å². The predicted molar refractivity (Wildman–Crippen MR) is 122 cm³/mol. The van der Waals surface area contributed by atoms with Crippen LogP contribution in [-0.4, -0.2) is 44.5 Å². The van der Waals surface area contributed by atoms with Crippen LogP contribution in [0.3, 0.4) is 0 Å². The Kier molecular flexibility index (Phi) is 7.45. The van der Waals surface area contributed by atoms with Gasteiger partial charge in [0.1, 0.15) is 6.54 Å². The van der Waals surface area contributed by atoms with Gasteiger partial charge in [0.15, 0.2) is 5.69 Å². The van der Waals surface area contributed by atoms with Gasteiger partial charge in [0.2, 0.25) is 5.91 Å². The maximum Gasteiger partial charge on any atom is 0.274 e. The van der Waals surface area contributed by atoms with Gasteiger partial charge in [-0.1, -0.05) is 36.2 Å². The number of aromatic nitrogens is 2. The summed E-state index contributed by atoms with van der Waals surface area (Å²) in [6.07, 6.45) is 2.16. The molecule has 3 rings (SSSR count). The Labute approximate surface area is 193 Å². The number of benzene rings is 2. The molecule has 0 aliphatic heterocycles. The number of anilines is 1.